The van der Waals surface area contributed by atoms with Gasteiger partial charge in [-0.3, -0.25) is 0 Å². The molecule has 0 aliphatic heterocycles. The first-order valence-electron chi connectivity index (χ1n) is 10.3. The Morgan fingerprint density at radius 1 is 1.06 bits per heavy atom. The molecule has 0 saturated heterocycles. The Morgan fingerprint density at radius 2 is 1.81 bits per heavy atom. The standard InChI is InChI=1S/C24H24N4O3S/c1-3-31-23(29)19-10-6-18(7-11-19)16-32-24-26-22(21-5-4-14-28(21)27-24)25-15-17-8-12-20(30-2)13-9-17/h4-14H,3,15-16H2,1-2H3,(H,25,26,27). The monoisotopic (exact) mass is 448 g/mol. The number of nitrogens with one attached hydrogen (secondary N) is 1. The molecule has 2 heterocycles. The number of carbonyl (C=O) groups excluding carboxylic acids is 1. The first kappa shape index (κ1) is 21.7. The van der Waals surface area contributed by atoms with E-state index in [1.54, 1.807) is 37.9 Å². The van der Waals surface area contributed by atoms with Crippen LogP contribution in [0, 0.1) is 0 Å². The summed E-state index contributed by atoms with van der Waals surface area (Å²) in [5.41, 5.74) is 3.68. The number of ether oxygens (including phenoxy) is 2. The second-order valence-corrected chi connectivity index (χ2v) is 7.93. The number of aromatic nitrogens is 3. The van der Waals surface area contributed by atoms with Crippen LogP contribution in [0.1, 0.15) is 28.4 Å². The Morgan fingerprint density at radius 3 is 2.53 bits per heavy atom. The Hall–Kier alpha value is -3.52. The average molecular weight is 449 g/mol. The molecular formula is C24H24N4O3S. The summed E-state index contributed by atoms with van der Waals surface area (Å²) >= 11 is 1.54. The van der Waals surface area contributed by atoms with E-state index in [0.29, 0.717) is 29.6 Å². The van der Waals surface area contributed by atoms with E-state index in [2.05, 4.69) is 10.4 Å². The fourth-order valence-electron chi connectivity index (χ4n) is 3.13. The van der Waals surface area contributed by atoms with Gasteiger partial charge >= 0.3 is 5.97 Å². The molecule has 2 aromatic heterocycles. The minimum atomic E-state index is -0.305. The average Bonchev–Trinajstić information content (AvgIpc) is 3.31. The summed E-state index contributed by atoms with van der Waals surface area (Å²) in [6.07, 6.45) is 1.91. The maximum atomic E-state index is 11.8. The molecule has 0 amide bonds. The van der Waals surface area contributed by atoms with E-state index < -0.39 is 0 Å². The van der Waals surface area contributed by atoms with Crippen LogP contribution >= 0.6 is 11.8 Å². The first-order chi connectivity index (χ1) is 15.7. The lowest BCUT2D eigenvalue weighted by atomic mass is 10.1. The predicted molar refractivity (Wildman–Crippen MR) is 125 cm³/mol. The number of anilines is 1. The van der Waals surface area contributed by atoms with E-state index in [0.717, 1.165) is 28.2 Å². The van der Waals surface area contributed by atoms with Crippen LogP contribution < -0.4 is 10.1 Å². The summed E-state index contributed by atoms with van der Waals surface area (Å²) in [4.78, 5) is 16.5. The molecule has 4 rings (SSSR count). The number of fused-ring (bicyclic) bond motifs is 1. The topological polar surface area (TPSA) is 77.8 Å². The first-order valence-corrected chi connectivity index (χ1v) is 11.3. The van der Waals surface area contributed by atoms with Crippen LogP contribution in [0.25, 0.3) is 5.52 Å². The van der Waals surface area contributed by atoms with Crippen molar-refractivity contribution in [2.24, 2.45) is 0 Å². The quantitative estimate of drug-likeness (QED) is 0.291. The van der Waals surface area contributed by atoms with E-state index in [-0.39, 0.29) is 5.97 Å². The van der Waals surface area contributed by atoms with Gasteiger partial charge in [-0.05, 0) is 54.4 Å². The number of hydrogen-bond donors (Lipinski definition) is 1. The van der Waals surface area contributed by atoms with E-state index in [1.807, 2.05) is 59.2 Å². The fourth-order valence-corrected chi connectivity index (χ4v) is 3.92. The summed E-state index contributed by atoms with van der Waals surface area (Å²) in [6, 6.07) is 19.3. The lowest BCUT2D eigenvalue weighted by molar-refractivity contribution is 0.0526. The summed E-state index contributed by atoms with van der Waals surface area (Å²) in [7, 11) is 1.66. The number of thioether (sulfide) groups is 1. The third-order valence-corrected chi connectivity index (χ3v) is 5.73. The van der Waals surface area contributed by atoms with Gasteiger partial charge in [-0.15, -0.1) is 5.10 Å². The predicted octanol–water partition coefficient (Wildman–Crippen LogP) is 4.82. The summed E-state index contributed by atoms with van der Waals surface area (Å²) < 4.78 is 12.1. The lowest BCUT2D eigenvalue weighted by Crippen LogP contribution is -2.06. The molecule has 0 bridgehead atoms. The highest BCUT2D eigenvalue weighted by Crippen LogP contribution is 2.24. The molecule has 0 radical (unpaired) electrons. The van der Waals surface area contributed by atoms with Crippen LogP contribution in [0.15, 0.2) is 72.0 Å². The van der Waals surface area contributed by atoms with Gasteiger partial charge in [-0.25, -0.2) is 14.3 Å². The van der Waals surface area contributed by atoms with Gasteiger partial charge in [0.25, 0.3) is 0 Å². The van der Waals surface area contributed by atoms with Crippen LogP contribution in [0.3, 0.4) is 0 Å². The summed E-state index contributed by atoms with van der Waals surface area (Å²) in [5.74, 6) is 1.99. The van der Waals surface area contributed by atoms with Crippen molar-refractivity contribution in [3.63, 3.8) is 0 Å². The van der Waals surface area contributed by atoms with Crippen molar-refractivity contribution in [2.45, 2.75) is 24.4 Å². The number of hydrogen-bond acceptors (Lipinski definition) is 7. The Labute approximate surface area is 190 Å². The summed E-state index contributed by atoms with van der Waals surface area (Å²) in [5, 5.41) is 8.68. The maximum absolute atomic E-state index is 11.8. The minimum Gasteiger partial charge on any atom is -0.497 e. The highest BCUT2D eigenvalue weighted by atomic mass is 32.2. The van der Waals surface area contributed by atoms with E-state index in [9.17, 15) is 4.79 Å². The second kappa shape index (κ2) is 10.2. The van der Waals surface area contributed by atoms with Crippen molar-refractivity contribution in [2.75, 3.05) is 19.0 Å². The molecule has 0 aliphatic carbocycles. The maximum Gasteiger partial charge on any atom is 0.338 e. The SMILES string of the molecule is CCOC(=O)c1ccc(CSc2nc(NCc3ccc(OC)cc3)c3cccn3n2)cc1. The molecule has 8 heteroatoms. The van der Waals surface area contributed by atoms with Crippen molar-refractivity contribution in [1.82, 2.24) is 14.6 Å². The van der Waals surface area contributed by atoms with Crippen molar-refractivity contribution in [3.8, 4) is 5.75 Å². The smallest absolute Gasteiger partial charge is 0.338 e. The van der Waals surface area contributed by atoms with Gasteiger partial charge in [0.2, 0.25) is 5.16 Å². The number of nitrogens with zero attached hydrogens (tertiary/aromatic N) is 3. The molecule has 0 atom stereocenters. The zero-order valence-electron chi connectivity index (χ0n) is 17.9. The highest BCUT2D eigenvalue weighted by Gasteiger charge is 2.10. The van der Waals surface area contributed by atoms with E-state index in [4.69, 9.17) is 14.5 Å². The molecule has 4 aromatic rings. The molecular weight excluding hydrogens is 424 g/mol. The largest absolute Gasteiger partial charge is 0.497 e. The molecule has 0 unspecified atom stereocenters. The fraction of sp³-hybridized carbons (Fsp3) is 0.208. The highest BCUT2D eigenvalue weighted by molar-refractivity contribution is 7.98. The van der Waals surface area contributed by atoms with Gasteiger partial charge in [0.1, 0.15) is 11.3 Å². The van der Waals surface area contributed by atoms with E-state index >= 15 is 0 Å². The lowest BCUT2D eigenvalue weighted by Gasteiger charge is -2.10. The van der Waals surface area contributed by atoms with Crippen molar-refractivity contribution < 1.29 is 14.3 Å². The van der Waals surface area contributed by atoms with Crippen molar-refractivity contribution in [3.05, 3.63) is 83.6 Å². The number of benzene rings is 2. The Balaban J connectivity index is 1.44. The third kappa shape index (κ3) is 5.20. The van der Waals surface area contributed by atoms with E-state index in [1.165, 1.54) is 0 Å². The van der Waals surface area contributed by atoms with Gasteiger partial charge in [-0.2, -0.15) is 0 Å². The molecule has 7 nitrogen and oxygen atoms in total. The zero-order valence-corrected chi connectivity index (χ0v) is 18.8. The van der Waals surface area contributed by atoms with Crippen molar-refractivity contribution >= 4 is 29.1 Å². The number of esters is 1. The molecule has 0 aliphatic rings. The van der Waals surface area contributed by atoms with Gasteiger partial charge in [-0.1, -0.05) is 36.0 Å². The molecule has 0 spiro atoms. The van der Waals surface area contributed by atoms with Crippen LogP contribution in [-0.2, 0) is 17.0 Å². The van der Waals surface area contributed by atoms with Crippen LogP contribution in [0.4, 0.5) is 5.82 Å². The molecule has 2 aromatic carbocycles. The van der Waals surface area contributed by atoms with Crippen LogP contribution in [-0.4, -0.2) is 34.3 Å². The molecule has 1 N–H and O–H groups in total. The number of carbonyl (C=O) groups is 1. The number of rotatable bonds is 9. The van der Waals surface area contributed by atoms with Gasteiger partial charge in [0.05, 0.1) is 19.3 Å². The Bertz CT molecular complexity index is 1190. The number of methoxy groups -OCH3 is 1. The van der Waals surface area contributed by atoms with Gasteiger partial charge < -0.3 is 14.8 Å². The Kier molecular flexibility index (Phi) is 6.91. The molecule has 0 fully saturated rings. The van der Waals surface area contributed by atoms with Crippen molar-refractivity contribution in [1.29, 1.82) is 0 Å². The van der Waals surface area contributed by atoms with Gasteiger partial charge in [0, 0.05) is 18.5 Å². The van der Waals surface area contributed by atoms with Crippen LogP contribution in [0.5, 0.6) is 5.75 Å². The third-order valence-electron chi connectivity index (χ3n) is 4.82. The summed E-state index contributed by atoms with van der Waals surface area (Å²) in [6.45, 7) is 2.80. The zero-order chi connectivity index (χ0) is 22.3. The molecule has 0 saturated carbocycles. The molecule has 32 heavy (non-hydrogen) atoms. The molecule has 164 valence electrons. The van der Waals surface area contributed by atoms with Crippen LogP contribution in [0.2, 0.25) is 0 Å². The second-order valence-electron chi connectivity index (χ2n) is 6.99. The minimum absolute atomic E-state index is 0.305. The normalized spacial score (nSPS) is 10.8. The van der Waals surface area contributed by atoms with Gasteiger partial charge in [0.15, 0.2) is 5.82 Å².